The average molecular weight is 86.1 g/mol. The second kappa shape index (κ2) is 4.47. The first-order chi connectivity index (χ1) is 2.91. The Morgan fingerprint density at radius 2 is 2.67 bits per heavy atom. The van der Waals surface area contributed by atoms with Crippen LogP contribution in [0, 0.1) is 6.92 Å². The molecule has 0 aromatic rings. The summed E-state index contributed by atoms with van der Waals surface area (Å²) in [7, 11) is 1.51. The summed E-state index contributed by atoms with van der Waals surface area (Å²) in [5, 5.41) is 3.40. The summed E-state index contributed by atoms with van der Waals surface area (Å²) in [6.07, 6.45) is 2.29. The van der Waals surface area contributed by atoms with Crippen LogP contribution in [0.2, 0.25) is 0 Å². The van der Waals surface area contributed by atoms with Crippen LogP contribution >= 0.6 is 0 Å². The Kier molecular flexibility index (Phi) is 4.08. The SMILES string of the molecule is [CH2]CC=NOC. The van der Waals surface area contributed by atoms with Crippen LogP contribution in [0.25, 0.3) is 0 Å². The van der Waals surface area contributed by atoms with Crippen LogP contribution in [0.3, 0.4) is 0 Å². The Morgan fingerprint density at radius 3 is 2.83 bits per heavy atom. The van der Waals surface area contributed by atoms with Crippen LogP contribution in [-0.4, -0.2) is 13.3 Å². The third kappa shape index (κ3) is 3.47. The lowest BCUT2D eigenvalue weighted by atomic mass is 10.6. The van der Waals surface area contributed by atoms with Gasteiger partial charge in [0.25, 0.3) is 0 Å². The highest BCUT2D eigenvalue weighted by molar-refractivity contribution is 5.56. The molecule has 0 aromatic carbocycles. The van der Waals surface area contributed by atoms with E-state index in [4.69, 9.17) is 0 Å². The molecule has 0 saturated carbocycles. The molecule has 6 heavy (non-hydrogen) atoms. The zero-order valence-corrected chi connectivity index (χ0v) is 3.85. The molecule has 0 saturated heterocycles. The van der Waals surface area contributed by atoms with Crippen LogP contribution in [0.5, 0.6) is 0 Å². The van der Waals surface area contributed by atoms with Gasteiger partial charge in [0, 0.05) is 6.21 Å². The normalized spacial score (nSPS) is 9.67. The van der Waals surface area contributed by atoms with E-state index in [0.717, 1.165) is 0 Å². The lowest BCUT2D eigenvalue weighted by molar-refractivity contribution is 0.215. The van der Waals surface area contributed by atoms with Crippen molar-refractivity contribution in [2.75, 3.05) is 7.11 Å². The molecule has 0 N–H and O–H groups in total. The van der Waals surface area contributed by atoms with Gasteiger partial charge in [-0.15, -0.1) is 0 Å². The second-order valence-corrected chi connectivity index (χ2v) is 0.759. The largest absolute Gasteiger partial charge is 0.399 e. The van der Waals surface area contributed by atoms with Gasteiger partial charge in [-0.1, -0.05) is 5.16 Å². The molecule has 0 spiro atoms. The van der Waals surface area contributed by atoms with Gasteiger partial charge in [-0.05, 0) is 13.3 Å². The molecule has 0 aromatic heterocycles. The van der Waals surface area contributed by atoms with Crippen LogP contribution < -0.4 is 0 Å². The Balaban J connectivity index is 2.73. The maximum atomic E-state index is 4.31. The first-order valence-electron chi connectivity index (χ1n) is 1.76. The molecule has 2 heteroatoms. The topological polar surface area (TPSA) is 21.6 Å². The summed E-state index contributed by atoms with van der Waals surface area (Å²) in [6, 6.07) is 0. The molecule has 0 aliphatic carbocycles. The fraction of sp³-hybridized carbons (Fsp3) is 0.500. The number of nitrogens with zero attached hydrogens (tertiary/aromatic N) is 1. The first-order valence-corrected chi connectivity index (χ1v) is 1.76. The fourth-order valence-corrected chi connectivity index (χ4v) is 0.127. The molecule has 0 amide bonds. The maximum absolute atomic E-state index is 4.31. The maximum Gasteiger partial charge on any atom is 0.106 e. The molecule has 0 fully saturated rings. The molecular weight excluding hydrogens is 78.0 g/mol. The molecule has 0 rings (SSSR count). The van der Waals surface area contributed by atoms with Gasteiger partial charge in [-0.25, -0.2) is 0 Å². The van der Waals surface area contributed by atoms with Crippen LogP contribution in [0.1, 0.15) is 6.42 Å². The molecule has 2 nitrogen and oxygen atoms in total. The van der Waals surface area contributed by atoms with Gasteiger partial charge < -0.3 is 4.84 Å². The van der Waals surface area contributed by atoms with E-state index in [-0.39, 0.29) is 0 Å². The van der Waals surface area contributed by atoms with Crippen molar-refractivity contribution in [1.82, 2.24) is 0 Å². The van der Waals surface area contributed by atoms with Crippen molar-refractivity contribution in [3.05, 3.63) is 6.92 Å². The lowest BCUT2D eigenvalue weighted by Gasteiger charge is -1.78. The summed E-state index contributed by atoms with van der Waals surface area (Å²) >= 11 is 0. The van der Waals surface area contributed by atoms with Gasteiger partial charge in [0.1, 0.15) is 7.11 Å². The van der Waals surface area contributed by atoms with Gasteiger partial charge in [-0.2, -0.15) is 0 Å². The minimum Gasteiger partial charge on any atom is -0.399 e. The summed E-state index contributed by atoms with van der Waals surface area (Å²) < 4.78 is 0. The zero-order valence-electron chi connectivity index (χ0n) is 3.85. The molecule has 0 aliphatic heterocycles. The summed E-state index contributed by atoms with van der Waals surface area (Å²) in [5.74, 6) is 0. The van der Waals surface area contributed by atoms with Crippen molar-refractivity contribution < 1.29 is 4.84 Å². The van der Waals surface area contributed by atoms with Gasteiger partial charge in [0.05, 0.1) is 0 Å². The van der Waals surface area contributed by atoms with Crippen molar-refractivity contribution in [3.8, 4) is 0 Å². The number of rotatable bonds is 2. The van der Waals surface area contributed by atoms with Crippen molar-refractivity contribution in [3.63, 3.8) is 0 Å². The second-order valence-electron chi connectivity index (χ2n) is 0.759. The average Bonchev–Trinajstić information content (AvgIpc) is 1.61. The minimum atomic E-state index is 0.688. The molecule has 35 valence electrons. The predicted octanol–water partition coefficient (Wildman–Crippen LogP) is 0.843. The quantitative estimate of drug-likeness (QED) is 0.360. The van der Waals surface area contributed by atoms with Gasteiger partial charge >= 0.3 is 0 Å². The minimum absolute atomic E-state index is 0.688. The highest BCUT2D eigenvalue weighted by atomic mass is 16.6. The van der Waals surface area contributed by atoms with E-state index < -0.39 is 0 Å². The van der Waals surface area contributed by atoms with Crippen molar-refractivity contribution in [1.29, 1.82) is 0 Å². The Labute approximate surface area is 37.8 Å². The van der Waals surface area contributed by atoms with Crippen molar-refractivity contribution in [2.45, 2.75) is 6.42 Å². The molecule has 0 unspecified atom stereocenters. The van der Waals surface area contributed by atoms with Gasteiger partial charge in [0.15, 0.2) is 0 Å². The molecule has 0 aliphatic rings. The van der Waals surface area contributed by atoms with Gasteiger partial charge in [0.2, 0.25) is 0 Å². The monoisotopic (exact) mass is 86.1 g/mol. The Hall–Kier alpha value is -0.530. The molecule has 0 heterocycles. The molecule has 1 radical (unpaired) electrons. The third-order valence-electron chi connectivity index (χ3n) is 0.309. The van der Waals surface area contributed by atoms with Crippen LogP contribution in [0.15, 0.2) is 5.16 Å². The lowest BCUT2D eigenvalue weighted by Crippen LogP contribution is -1.69. The summed E-state index contributed by atoms with van der Waals surface area (Å²) in [6.45, 7) is 3.49. The van der Waals surface area contributed by atoms with E-state index >= 15 is 0 Å². The highest BCUT2D eigenvalue weighted by Crippen LogP contribution is 1.66. The van der Waals surface area contributed by atoms with E-state index in [9.17, 15) is 0 Å². The molecule has 0 atom stereocenters. The molecular formula is C4H8NO. The number of oxime groups is 1. The first kappa shape index (κ1) is 5.47. The number of hydrogen-bond donors (Lipinski definition) is 0. The zero-order chi connectivity index (χ0) is 4.83. The van der Waals surface area contributed by atoms with Crippen molar-refractivity contribution in [2.24, 2.45) is 5.16 Å². The fourth-order valence-electron chi connectivity index (χ4n) is 0.127. The van der Waals surface area contributed by atoms with E-state index in [1.165, 1.54) is 7.11 Å². The number of hydrogen-bond acceptors (Lipinski definition) is 2. The van der Waals surface area contributed by atoms with Crippen molar-refractivity contribution >= 4 is 6.21 Å². The summed E-state index contributed by atoms with van der Waals surface area (Å²) in [5.41, 5.74) is 0. The smallest absolute Gasteiger partial charge is 0.106 e. The van der Waals surface area contributed by atoms with E-state index in [1.807, 2.05) is 0 Å². The van der Waals surface area contributed by atoms with Crippen LogP contribution in [0.4, 0.5) is 0 Å². The van der Waals surface area contributed by atoms with E-state index in [1.54, 1.807) is 6.21 Å². The highest BCUT2D eigenvalue weighted by Gasteiger charge is 1.59. The van der Waals surface area contributed by atoms with Gasteiger partial charge in [-0.3, -0.25) is 0 Å². The standard InChI is InChI=1S/C4H8NO/c1-3-4-5-6-2/h4H,1,3H2,2H3. The van der Waals surface area contributed by atoms with Crippen LogP contribution in [-0.2, 0) is 4.84 Å². The van der Waals surface area contributed by atoms with E-state index in [2.05, 4.69) is 16.9 Å². The third-order valence-corrected chi connectivity index (χ3v) is 0.309. The Bertz CT molecular complexity index is 36.8. The van der Waals surface area contributed by atoms with E-state index in [0.29, 0.717) is 6.42 Å². The molecule has 0 bridgehead atoms. The summed E-state index contributed by atoms with van der Waals surface area (Å²) in [4.78, 5) is 4.31. The Morgan fingerprint density at radius 1 is 2.00 bits per heavy atom. The predicted molar refractivity (Wildman–Crippen MR) is 25.5 cm³/mol.